The van der Waals surface area contributed by atoms with Crippen LogP contribution in [0.3, 0.4) is 0 Å². The average molecular weight is 285 g/mol. The molecule has 0 radical (unpaired) electrons. The minimum Gasteiger partial charge on any atom is -0.368 e. The fraction of sp³-hybridized carbons (Fsp3) is 0.235. The lowest BCUT2D eigenvalue weighted by Crippen LogP contribution is -2.33. The summed E-state index contributed by atoms with van der Waals surface area (Å²) in [6.45, 7) is -0.868. The van der Waals surface area contributed by atoms with Crippen molar-refractivity contribution in [2.45, 2.75) is 18.6 Å². The standard InChI is InChI=1S/C17H20NOP/c19-14-20(17-12-7-13-18-17,15-8-3-1-4-9-15)16-10-5-2-6-11-16/h1-6,8-11,14,17-19H,7,12-13H2/t17-/m0/s1. The van der Waals surface area contributed by atoms with Crippen LogP contribution in [0.5, 0.6) is 0 Å². The van der Waals surface area contributed by atoms with Gasteiger partial charge in [0.25, 0.3) is 0 Å². The maximum atomic E-state index is 10.2. The van der Waals surface area contributed by atoms with Gasteiger partial charge in [0.15, 0.2) is 0 Å². The third-order valence-corrected chi connectivity index (χ3v) is 8.17. The van der Waals surface area contributed by atoms with Crippen molar-refractivity contribution in [3.8, 4) is 0 Å². The molecule has 0 unspecified atom stereocenters. The van der Waals surface area contributed by atoms with Gasteiger partial charge in [-0.15, -0.1) is 0 Å². The summed E-state index contributed by atoms with van der Waals surface area (Å²) in [6.07, 6.45) is 2.30. The Bertz CT molecular complexity index is 560. The maximum Gasteiger partial charge on any atom is 0.0413 e. The molecule has 2 aromatic rings. The Morgan fingerprint density at radius 2 is 1.50 bits per heavy atom. The predicted octanol–water partition coefficient (Wildman–Crippen LogP) is 2.50. The zero-order valence-electron chi connectivity index (χ0n) is 11.4. The highest BCUT2D eigenvalue weighted by atomic mass is 31.2. The molecule has 2 aromatic carbocycles. The van der Waals surface area contributed by atoms with E-state index in [1.807, 2.05) is 12.1 Å². The zero-order chi connectivity index (χ0) is 13.8. The van der Waals surface area contributed by atoms with E-state index in [0.29, 0.717) is 5.78 Å². The highest BCUT2D eigenvalue weighted by Gasteiger charge is 2.33. The van der Waals surface area contributed by atoms with Gasteiger partial charge in [-0.25, -0.2) is 0 Å². The Morgan fingerprint density at radius 1 is 0.950 bits per heavy atom. The first kappa shape index (κ1) is 13.6. The quantitative estimate of drug-likeness (QED) is 0.849. The topological polar surface area (TPSA) is 32.3 Å². The van der Waals surface area contributed by atoms with Crippen LogP contribution in [0.15, 0.2) is 60.7 Å². The van der Waals surface area contributed by atoms with E-state index < -0.39 is 6.89 Å². The second-order valence-corrected chi connectivity index (χ2v) is 8.62. The summed E-state index contributed by atoms with van der Waals surface area (Å²) in [6, 6.07) is 20.9. The molecular formula is C17H20NOP. The highest BCUT2D eigenvalue weighted by Crippen LogP contribution is 2.50. The fourth-order valence-electron chi connectivity index (χ4n) is 3.09. The number of benzene rings is 2. The maximum absolute atomic E-state index is 10.2. The van der Waals surface area contributed by atoms with E-state index in [-0.39, 0.29) is 0 Å². The summed E-state index contributed by atoms with van der Waals surface area (Å²) in [4.78, 5) is 0. The number of aliphatic hydroxyl groups excluding tert-OH is 1. The molecule has 1 aliphatic rings. The third-order valence-electron chi connectivity index (χ3n) is 4.07. The van der Waals surface area contributed by atoms with Gasteiger partial charge in [-0.2, -0.15) is 0 Å². The van der Waals surface area contributed by atoms with Crippen molar-refractivity contribution >= 4 is 23.5 Å². The second kappa shape index (κ2) is 5.97. The molecule has 2 nitrogen and oxygen atoms in total. The van der Waals surface area contributed by atoms with E-state index in [0.717, 1.165) is 13.0 Å². The van der Waals surface area contributed by atoms with E-state index in [1.54, 1.807) is 0 Å². The van der Waals surface area contributed by atoms with Gasteiger partial charge in [-0.05, 0) is 36.9 Å². The van der Waals surface area contributed by atoms with Gasteiger partial charge in [0.1, 0.15) is 0 Å². The van der Waals surface area contributed by atoms with Crippen LogP contribution in [-0.2, 0) is 0 Å². The van der Waals surface area contributed by atoms with Crippen LogP contribution >= 0.6 is 6.89 Å². The minimum absolute atomic E-state index is 0.345. The zero-order valence-corrected chi connectivity index (χ0v) is 12.3. The first-order valence-electron chi connectivity index (χ1n) is 7.09. The molecule has 1 atom stereocenters. The van der Waals surface area contributed by atoms with Gasteiger partial charge >= 0.3 is 0 Å². The number of rotatable bonds is 3. The lowest BCUT2D eigenvalue weighted by molar-refractivity contribution is 0.591. The first-order valence-corrected chi connectivity index (χ1v) is 9.02. The van der Waals surface area contributed by atoms with Crippen molar-refractivity contribution in [1.82, 2.24) is 5.32 Å². The Kier molecular flexibility index (Phi) is 4.07. The molecule has 0 spiro atoms. The summed E-state index contributed by atoms with van der Waals surface area (Å²) in [5.74, 6) is 1.83. The van der Waals surface area contributed by atoms with Crippen LogP contribution in [0.2, 0.25) is 0 Å². The molecule has 3 rings (SSSR count). The fourth-order valence-corrected chi connectivity index (χ4v) is 6.87. The first-order chi connectivity index (χ1) is 9.88. The van der Waals surface area contributed by atoms with Gasteiger partial charge in [0, 0.05) is 11.8 Å². The van der Waals surface area contributed by atoms with Gasteiger partial charge < -0.3 is 10.4 Å². The molecule has 0 aromatic heterocycles. The lowest BCUT2D eigenvalue weighted by Gasteiger charge is -2.32. The number of hydrogen-bond donors (Lipinski definition) is 2. The van der Waals surface area contributed by atoms with Crippen LogP contribution in [-0.4, -0.2) is 23.4 Å². The monoisotopic (exact) mass is 285 g/mol. The van der Waals surface area contributed by atoms with Gasteiger partial charge in [-0.3, -0.25) is 0 Å². The normalized spacial score (nSPS) is 18.9. The molecule has 0 amide bonds. The van der Waals surface area contributed by atoms with Crippen molar-refractivity contribution in [2.24, 2.45) is 0 Å². The summed E-state index contributed by atoms with van der Waals surface area (Å²) >= 11 is 0. The lowest BCUT2D eigenvalue weighted by atomic mass is 10.4. The molecular weight excluding hydrogens is 265 g/mol. The molecule has 20 heavy (non-hydrogen) atoms. The second-order valence-electron chi connectivity index (χ2n) is 5.18. The number of aliphatic hydroxyl groups is 1. The molecule has 3 heteroatoms. The minimum atomic E-state index is -1.91. The van der Waals surface area contributed by atoms with Crippen molar-refractivity contribution in [3.05, 3.63) is 60.7 Å². The van der Waals surface area contributed by atoms with Crippen molar-refractivity contribution in [2.75, 3.05) is 6.54 Å². The van der Waals surface area contributed by atoms with Gasteiger partial charge in [-0.1, -0.05) is 60.7 Å². The highest BCUT2D eigenvalue weighted by molar-refractivity contribution is 7.88. The smallest absolute Gasteiger partial charge is 0.0413 e. The van der Waals surface area contributed by atoms with Gasteiger partial charge in [0.2, 0.25) is 0 Å². The molecule has 104 valence electrons. The van der Waals surface area contributed by atoms with Crippen molar-refractivity contribution < 1.29 is 5.11 Å². The SMILES string of the molecule is OC=P(c1ccccc1)(c1ccccc1)[C@H]1CCCN1. The molecule has 1 fully saturated rings. The Balaban J connectivity index is 2.22. The van der Waals surface area contributed by atoms with Crippen LogP contribution in [0, 0.1) is 0 Å². The molecule has 2 N–H and O–H groups in total. The van der Waals surface area contributed by atoms with Crippen LogP contribution in [0.4, 0.5) is 0 Å². The van der Waals surface area contributed by atoms with Gasteiger partial charge in [0.05, 0.1) is 0 Å². The Hall–Kier alpha value is -1.34. The number of nitrogens with one attached hydrogen (secondary N) is 1. The largest absolute Gasteiger partial charge is 0.368 e. The van der Waals surface area contributed by atoms with E-state index in [2.05, 4.69) is 53.8 Å². The molecule has 1 saturated heterocycles. The average Bonchev–Trinajstić information content (AvgIpc) is 3.06. The Labute approximate surface area is 120 Å². The molecule has 1 heterocycles. The Morgan fingerprint density at radius 3 is 1.90 bits per heavy atom. The van der Waals surface area contributed by atoms with E-state index in [9.17, 15) is 5.11 Å². The number of hydrogen-bond acceptors (Lipinski definition) is 1. The summed E-state index contributed by atoms with van der Waals surface area (Å²) in [5.41, 5.74) is 0. The summed E-state index contributed by atoms with van der Waals surface area (Å²) in [5, 5.41) is 16.3. The molecule has 0 aliphatic carbocycles. The van der Waals surface area contributed by atoms with E-state index in [4.69, 9.17) is 0 Å². The van der Waals surface area contributed by atoms with Crippen LogP contribution in [0.1, 0.15) is 12.8 Å². The van der Waals surface area contributed by atoms with E-state index >= 15 is 0 Å². The molecule has 1 aliphatic heterocycles. The predicted molar refractivity (Wildman–Crippen MR) is 88.1 cm³/mol. The summed E-state index contributed by atoms with van der Waals surface area (Å²) in [7, 11) is 0. The van der Waals surface area contributed by atoms with Crippen LogP contribution in [0.25, 0.3) is 0 Å². The van der Waals surface area contributed by atoms with Crippen LogP contribution < -0.4 is 15.9 Å². The van der Waals surface area contributed by atoms with E-state index in [1.165, 1.54) is 23.0 Å². The summed E-state index contributed by atoms with van der Waals surface area (Å²) < 4.78 is 0. The molecule has 0 bridgehead atoms. The van der Waals surface area contributed by atoms with Crippen molar-refractivity contribution in [1.29, 1.82) is 0 Å². The van der Waals surface area contributed by atoms with Crippen molar-refractivity contribution in [3.63, 3.8) is 0 Å². The third kappa shape index (κ3) is 2.25. The molecule has 0 saturated carbocycles.